The van der Waals surface area contributed by atoms with Crippen molar-refractivity contribution in [1.82, 2.24) is 10.3 Å². The molecule has 3 aromatic rings. The van der Waals surface area contributed by atoms with E-state index >= 15 is 0 Å². The number of ketones is 1. The quantitative estimate of drug-likeness (QED) is 0.508. The van der Waals surface area contributed by atoms with Gasteiger partial charge in [-0.15, -0.1) is 11.3 Å². The molecule has 10 heteroatoms. The molecule has 2 aromatic carbocycles. The Morgan fingerprint density at radius 1 is 1.18 bits per heavy atom. The first kappa shape index (κ1) is 22.1. The Morgan fingerprint density at radius 3 is 2.76 bits per heavy atom. The van der Waals surface area contributed by atoms with E-state index in [0.29, 0.717) is 5.56 Å². The Kier molecular flexibility index (Phi) is 5.54. The van der Waals surface area contributed by atoms with Crippen LogP contribution in [0.2, 0.25) is 0 Å². The van der Waals surface area contributed by atoms with Gasteiger partial charge in [0, 0.05) is 40.7 Å². The minimum atomic E-state index is -3.88. The van der Waals surface area contributed by atoms with Gasteiger partial charge in [-0.25, -0.2) is 13.4 Å². The molecule has 172 valence electrons. The van der Waals surface area contributed by atoms with Gasteiger partial charge in [0.1, 0.15) is 10.8 Å². The van der Waals surface area contributed by atoms with Crippen molar-refractivity contribution in [3.05, 3.63) is 81.7 Å². The summed E-state index contributed by atoms with van der Waals surface area (Å²) in [4.78, 5) is 30.2. The summed E-state index contributed by atoms with van der Waals surface area (Å²) in [6, 6.07) is 11.1. The van der Waals surface area contributed by atoms with Crippen LogP contribution in [0.15, 0.2) is 76.2 Å². The molecule has 34 heavy (non-hydrogen) atoms. The van der Waals surface area contributed by atoms with Gasteiger partial charge in [0.15, 0.2) is 5.78 Å². The normalized spacial score (nSPS) is 16.3. The van der Waals surface area contributed by atoms with Crippen LogP contribution in [0.25, 0.3) is 10.6 Å². The van der Waals surface area contributed by atoms with Gasteiger partial charge in [-0.1, -0.05) is 6.08 Å². The number of rotatable bonds is 4. The number of aromatic hydroxyl groups is 1. The van der Waals surface area contributed by atoms with Crippen LogP contribution in [0, 0.1) is 0 Å². The van der Waals surface area contributed by atoms with E-state index < -0.39 is 9.84 Å². The van der Waals surface area contributed by atoms with Crippen molar-refractivity contribution < 1.29 is 23.1 Å². The molecular formula is C24H19N3O5S2. The van der Waals surface area contributed by atoms with Crippen LogP contribution < -0.4 is 10.6 Å². The average Bonchev–Trinajstić information content (AvgIpc) is 3.26. The highest BCUT2D eigenvalue weighted by Crippen LogP contribution is 2.35. The third kappa shape index (κ3) is 4.02. The van der Waals surface area contributed by atoms with Gasteiger partial charge in [0.05, 0.1) is 22.0 Å². The summed E-state index contributed by atoms with van der Waals surface area (Å²) in [5.41, 5.74) is 1.68. The molecule has 1 aromatic heterocycles. The summed E-state index contributed by atoms with van der Waals surface area (Å²) in [6.07, 6.45) is 4.88. The molecule has 5 rings (SSSR count). The number of carbonyl (C=O) groups is 2. The number of phenols is 1. The second-order valence-corrected chi connectivity index (χ2v) is 10.8. The summed E-state index contributed by atoms with van der Waals surface area (Å²) in [6.45, 7) is 0.337. The highest BCUT2D eigenvalue weighted by atomic mass is 32.2. The molecule has 1 amide bonds. The summed E-state index contributed by atoms with van der Waals surface area (Å²) in [7, 11) is -3.88. The Hall–Kier alpha value is -3.76. The first-order chi connectivity index (χ1) is 16.3. The molecule has 8 nitrogen and oxygen atoms in total. The Labute approximate surface area is 199 Å². The highest BCUT2D eigenvalue weighted by molar-refractivity contribution is 7.95. The number of thiazole rings is 1. The number of Topliss-reactive ketones (excluding diaryl/α,β-unsaturated/α-hetero) is 1. The third-order valence-corrected chi connectivity index (χ3v) is 8.52. The minimum Gasteiger partial charge on any atom is -0.508 e. The number of amides is 1. The van der Waals surface area contributed by atoms with Crippen LogP contribution in [-0.4, -0.2) is 36.7 Å². The van der Waals surface area contributed by atoms with Gasteiger partial charge in [-0.2, -0.15) is 0 Å². The monoisotopic (exact) mass is 493 g/mol. The topological polar surface area (TPSA) is 125 Å². The molecule has 1 aliphatic heterocycles. The number of hydrogen-bond donors (Lipinski definition) is 3. The molecular weight excluding hydrogens is 474 g/mol. The van der Waals surface area contributed by atoms with Crippen LogP contribution in [0.5, 0.6) is 5.75 Å². The minimum absolute atomic E-state index is 0.0156. The number of fused-ring (bicyclic) bond motifs is 1. The zero-order chi connectivity index (χ0) is 23.9. The van der Waals surface area contributed by atoms with Gasteiger partial charge in [-0.05, 0) is 48.5 Å². The highest BCUT2D eigenvalue weighted by Gasteiger charge is 2.32. The van der Waals surface area contributed by atoms with E-state index in [1.54, 1.807) is 36.5 Å². The van der Waals surface area contributed by atoms with Crippen molar-refractivity contribution in [1.29, 1.82) is 0 Å². The number of anilines is 1. The predicted octanol–water partition coefficient (Wildman–Crippen LogP) is 3.43. The lowest BCUT2D eigenvalue weighted by molar-refractivity contribution is -0.114. The van der Waals surface area contributed by atoms with Gasteiger partial charge in [0.2, 0.25) is 9.84 Å². The van der Waals surface area contributed by atoms with Crippen molar-refractivity contribution >= 4 is 38.6 Å². The number of phenolic OH excluding ortho intramolecular Hbond substituents is 1. The first-order valence-electron chi connectivity index (χ1n) is 10.4. The Morgan fingerprint density at radius 2 is 1.97 bits per heavy atom. The number of allylic oxidation sites excluding steroid dienone is 2. The number of aromatic nitrogens is 1. The zero-order valence-electron chi connectivity index (χ0n) is 17.7. The van der Waals surface area contributed by atoms with Crippen molar-refractivity contribution in [2.75, 3.05) is 11.9 Å². The second kappa shape index (κ2) is 8.54. The fourth-order valence-electron chi connectivity index (χ4n) is 3.81. The van der Waals surface area contributed by atoms with Crippen molar-refractivity contribution in [2.24, 2.45) is 0 Å². The first-order valence-corrected chi connectivity index (χ1v) is 12.7. The summed E-state index contributed by atoms with van der Waals surface area (Å²) in [5.74, 6) is -0.412. The predicted molar refractivity (Wildman–Crippen MR) is 128 cm³/mol. The van der Waals surface area contributed by atoms with Crippen LogP contribution in [-0.2, 0) is 21.2 Å². The lowest BCUT2D eigenvalue weighted by Crippen LogP contribution is -2.22. The Balaban J connectivity index is 1.32. The van der Waals surface area contributed by atoms with E-state index in [1.165, 1.54) is 35.6 Å². The molecule has 0 saturated carbocycles. The summed E-state index contributed by atoms with van der Waals surface area (Å²) >= 11 is 1.42. The van der Waals surface area contributed by atoms with Crippen LogP contribution >= 0.6 is 11.3 Å². The fourth-order valence-corrected chi connectivity index (χ4v) is 6.36. The summed E-state index contributed by atoms with van der Waals surface area (Å²) < 4.78 is 26.2. The van der Waals surface area contributed by atoms with Crippen LogP contribution in [0.1, 0.15) is 21.7 Å². The molecule has 0 radical (unpaired) electrons. The van der Waals surface area contributed by atoms with E-state index in [-0.39, 0.29) is 58.0 Å². The van der Waals surface area contributed by atoms with Gasteiger partial charge < -0.3 is 15.7 Å². The molecule has 0 fully saturated rings. The van der Waals surface area contributed by atoms with E-state index in [4.69, 9.17) is 0 Å². The lowest BCUT2D eigenvalue weighted by Gasteiger charge is -2.12. The average molecular weight is 494 g/mol. The molecule has 3 N–H and O–H groups in total. The number of nitrogens with zero attached hydrogens (tertiary/aromatic N) is 1. The fraction of sp³-hybridized carbons (Fsp3) is 0.125. The Bertz CT molecular complexity index is 1490. The number of hydrogen-bond acceptors (Lipinski definition) is 8. The maximum absolute atomic E-state index is 13.1. The number of carbonyl (C=O) groups excluding carboxylic acids is 2. The van der Waals surface area contributed by atoms with E-state index in [0.717, 1.165) is 15.4 Å². The maximum Gasteiger partial charge on any atom is 0.251 e. The smallest absolute Gasteiger partial charge is 0.251 e. The molecule has 0 bridgehead atoms. The lowest BCUT2D eigenvalue weighted by atomic mass is 10.0. The zero-order valence-corrected chi connectivity index (χ0v) is 19.4. The molecule has 1 aliphatic carbocycles. The van der Waals surface area contributed by atoms with Crippen molar-refractivity contribution in [2.45, 2.75) is 17.9 Å². The largest absolute Gasteiger partial charge is 0.508 e. The van der Waals surface area contributed by atoms with E-state index in [2.05, 4.69) is 15.6 Å². The maximum atomic E-state index is 13.1. The second-order valence-electron chi connectivity index (χ2n) is 7.80. The van der Waals surface area contributed by atoms with E-state index in [1.807, 2.05) is 0 Å². The summed E-state index contributed by atoms with van der Waals surface area (Å²) in [5, 5.41) is 16.0. The van der Waals surface area contributed by atoms with Gasteiger partial charge in [-0.3, -0.25) is 9.59 Å². The molecule has 0 saturated heterocycles. The molecule has 0 spiro atoms. The van der Waals surface area contributed by atoms with Crippen molar-refractivity contribution in [3.63, 3.8) is 0 Å². The molecule has 2 heterocycles. The van der Waals surface area contributed by atoms with Crippen molar-refractivity contribution in [3.8, 4) is 16.3 Å². The molecule has 2 aliphatic rings. The van der Waals surface area contributed by atoms with Gasteiger partial charge >= 0.3 is 0 Å². The third-order valence-electron chi connectivity index (χ3n) is 5.57. The van der Waals surface area contributed by atoms with Crippen LogP contribution in [0.4, 0.5) is 5.69 Å². The number of benzene rings is 2. The molecule has 0 unspecified atom stereocenters. The number of nitrogens with one attached hydrogen (secondary N) is 2. The standard InChI is InChI=1S/C24H19N3O5S2/c28-16-7-4-14(5-8-16)24-27-12-17(33-24)11-26-23(30)15-6-9-22-19(10-15)25-13-18-20(29)2-1-3-21(18)34(22,31)32/h1,3-10,12,25,28H,2,11,13H2,(H,26,30). The number of sulfone groups is 1. The van der Waals surface area contributed by atoms with Crippen LogP contribution in [0.3, 0.4) is 0 Å². The van der Waals surface area contributed by atoms with E-state index in [9.17, 15) is 23.1 Å². The SMILES string of the molecule is O=C1CC=CC2=C1CNc1cc(C(=O)NCc3cnc(-c4ccc(O)cc4)s3)ccc1S2(=O)=O. The van der Waals surface area contributed by atoms with Gasteiger partial charge in [0.25, 0.3) is 5.91 Å². The molecule has 0 atom stereocenters.